The van der Waals surface area contributed by atoms with Crippen molar-refractivity contribution in [3.05, 3.63) is 72.8 Å². The molecule has 0 aromatic heterocycles. The SMILES string of the molecule is NC(=Nc1ccccc1)SC1CC(=O)N(c2cccc3ccccc23)C1=O. The van der Waals surface area contributed by atoms with E-state index in [0.29, 0.717) is 11.4 Å². The number of carbonyl (C=O) groups is 2. The fourth-order valence-electron chi connectivity index (χ4n) is 3.15. The first-order valence-electron chi connectivity index (χ1n) is 8.54. The van der Waals surface area contributed by atoms with Crippen molar-refractivity contribution < 1.29 is 9.59 Å². The topological polar surface area (TPSA) is 75.8 Å². The van der Waals surface area contributed by atoms with E-state index in [2.05, 4.69) is 4.99 Å². The average Bonchev–Trinajstić information content (AvgIpc) is 2.95. The highest BCUT2D eigenvalue weighted by Gasteiger charge is 2.41. The van der Waals surface area contributed by atoms with E-state index in [1.165, 1.54) is 4.90 Å². The maximum Gasteiger partial charge on any atom is 0.247 e. The van der Waals surface area contributed by atoms with Gasteiger partial charge in [-0.1, -0.05) is 66.4 Å². The van der Waals surface area contributed by atoms with Crippen LogP contribution in [0, 0.1) is 0 Å². The second-order valence-corrected chi connectivity index (χ2v) is 7.38. The number of rotatable bonds is 3. The number of amidine groups is 1. The molecule has 1 heterocycles. The van der Waals surface area contributed by atoms with Gasteiger partial charge in [-0.2, -0.15) is 0 Å². The fraction of sp³-hybridized carbons (Fsp3) is 0.0952. The molecule has 27 heavy (non-hydrogen) atoms. The number of nitrogens with two attached hydrogens (primary N) is 1. The largest absolute Gasteiger partial charge is 0.378 e. The summed E-state index contributed by atoms with van der Waals surface area (Å²) in [5, 5.41) is 1.56. The normalized spacial score (nSPS) is 17.7. The standard InChI is InChI=1S/C21H17N3O2S/c22-21(23-15-9-2-1-3-10-15)27-18-13-19(25)24(20(18)26)17-12-6-8-14-7-4-5-11-16(14)17/h1-12,18H,13H2,(H2,22,23). The summed E-state index contributed by atoms with van der Waals surface area (Å²) in [4.78, 5) is 31.1. The highest BCUT2D eigenvalue weighted by Crippen LogP contribution is 2.34. The van der Waals surface area contributed by atoms with Gasteiger partial charge in [-0.3, -0.25) is 9.59 Å². The molecule has 1 atom stereocenters. The molecule has 2 amide bonds. The van der Waals surface area contributed by atoms with Gasteiger partial charge in [-0.15, -0.1) is 0 Å². The van der Waals surface area contributed by atoms with Crippen molar-refractivity contribution in [2.24, 2.45) is 10.7 Å². The number of thioether (sulfide) groups is 1. The molecule has 1 fully saturated rings. The Bertz CT molecular complexity index is 1040. The highest BCUT2D eigenvalue weighted by molar-refractivity contribution is 8.15. The van der Waals surface area contributed by atoms with Gasteiger partial charge in [-0.25, -0.2) is 9.89 Å². The van der Waals surface area contributed by atoms with Gasteiger partial charge in [0.05, 0.1) is 11.4 Å². The molecule has 0 bridgehead atoms. The smallest absolute Gasteiger partial charge is 0.247 e. The second kappa shape index (κ2) is 7.25. The van der Waals surface area contributed by atoms with Crippen LogP contribution in [0.5, 0.6) is 0 Å². The van der Waals surface area contributed by atoms with E-state index in [1.54, 1.807) is 6.07 Å². The van der Waals surface area contributed by atoms with Gasteiger partial charge in [0, 0.05) is 11.8 Å². The lowest BCUT2D eigenvalue weighted by Gasteiger charge is -2.17. The van der Waals surface area contributed by atoms with Crippen LogP contribution in [0.25, 0.3) is 10.8 Å². The molecule has 134 valence electrons. The third-order valence-electron chi connectivity index (χ3n) is 4.37. The van der Waals surface area contributed by atoms with Crippen molar-refractivity contribution in [1.82, 2.24) is 0 Å². The minimum atomic E-state index is -0.566. The van der Waals surface area contributed by atoms with Crippen LogP contribution in [0.4, 0.5) is 11.4 Å². The van der Waals surface area contributed by atoms with E-state index in [9.17, 15) is 9.59 Å². The number of fused-ring (bicyclic) bond motifs is 1. The molecule has 0 radical (unpaired) electrons. The molecule has 1 aliphatic heterocycles. The highest BCUT2D eigenvalue weighted by atomic mass is 32.2. The van der Waals surface area contributed by atoms with Crippen LogP contribution in [-0.2, 0) is 9.59 Å². The van der Waals surface area contributed by atoms with Gasteiger partial charge in [0.2, 0.25) is 11.8 Å². The minimum Gasteiger partial charge on any atom is -0.378 e. The van der Waals surface area contributed by atoms with Gasteiger partial charge in [0.25, 0.3) is 0 Å². The van der Waals surface area contributed by atoms with Crippen molar-refractivity contribution in [3.8, 4) is 0 Å². The van der Waals surface area contributed by atoms with Crippen LogP contribution in [-0.4, -0.2) is 22.2 Å². The number of benzene rings is 3. The van der Waals surface area contributed by atoms with Gasteiger partial charge in [-0.05, 0) is 23.6 Å². The zero-order valence-corrected chi connectivity index (χ0v) is 15.2. The molecule has 2 N–H and O–H groups in total. The van der Waals surface area contributed by atoms with Crippen LogP contribution in [0.1, 0.15) is 6.42 Å². The van der Waals surface area contributed by atoms with E-state index >= 15 is 0 Å². The molecule has 6 heteroatoms. The average molecular weight is 375 g/mol. The summed E-state index contributed by atoms with van der Waals surface area (Å²) in [5.74, 6) is -0.478. The van der Waals surface area contributed by atoms with Crippen molar-refractivity contribution in [3.63, 3.8) is 0 Å². The molecule has 1 unspecified atom stereocenters. The number of para-hydroxylation sites is 1. The Balaban J connectivity index is 1.60. The molecular formula is C21H17N3O2S. The lowest BCUT2D eigenvalue weighted by molar-refractivity contribution is -0.121. The molecule has 3 aromatic rings. The van der Waals surface area contributed by atoms with E-state index < -0.39 is 5.25 Å². The summed E-state index contributed by atoms with van der Waals surface area (Å²) in [6.07, 6.45) is 0.109. The van der Waals surface area contributed by atoms with Crippen molar-refractivity contribution in [2.45, 2.75) is 11.7 Å². The van der Waals surface area contributed by atoms with Crippen LogP contribution in [0.15, 0.2) is 77.8 Å². The Morgan fingerprint density at radius 1 is 0.963 bits per heavy atom. The number of carbonyl (C=O) groups excluding carboxylic acids is 2. The van der Waals surface area contributed by atoms with Gasteiger partial charge in [0.15, 0.2) is 5.17 Å². The number of amides is 2. The monoisotopic (exact) mass is 375 g/mol. The number of hydrogen-bond donors (Lipinski definition) is 1. The molecule has 1 saturated heterocycles. The second-order valence-electron chi connectivity index (χ2n) is 6.16. The Hall–Kier alpha value is -3.12. The van der Waals surface area contributed by atoms with E-state index in [0.717, 1.165) is 22.5 Å². The molecule has 4 rings (SSSR count). The molecule has 0 spiro atoms. The summed E-state index contributed by atoms with van der Waals surface area (Å²) in [6, 6.07) is 22.6. The van der Waals surface area contributed by atoms with Gasteiger partial charge in [0.1, 0.15) is 5.25 Å². The Morgan fingerprint density at radius 2 is 1.67 bits per heavy atom. The predicted molar refractivity (Wildman–Crippen MR) is 110 cm³/mol. The summed E-state index contributed by atoms with van der Waals surface area (Å²) >= 11 is 1.13. The molecule has 5 nitrogen and oxygen atoms in total. The van der Waals surface area contributed by atoms with E-state index in [1.807, 2.05) is 66.7 Å². The van der Waals surface area contributed by atoms with Crippen LogP contribution in [0.3, 0.4) is 0 Å². The molecular weight excluding hydrogens is 358 g/mol. The lowest BCUT2D eigenvalue weighted by Crippen LogP contribution is -2.32. The predicted octanol–water partition coefficient (Wildman–Crippen LogP) is 3.85. The maximum atomic E-state index is 12.9. The summed E-state index contributed by atoms with van der Waals surface area (Å²) < 4.78 is 0. The maximum absolute atomic E-state index is 12.9. The number of nitrogens with zero attached hydrogens (tertiary/aromatic N) is 2. The van der Waals surface area contributed by atoms with Crippen LogP contribution < -0.4 is 10.6 Å². The molecule has 0 aliphatic carbocycles. The lowest BCUT2D eigenvalue weighted by atomic mass is 10.1. The van der Waals surface area contributed by atoms with Gasteiger partial charge >= 0.3 is 0 Å². The number of aliphatic imine (C=N–C) groups is 1. The van der Waals surface area contributed by atoms with E-state index in [4.69, 9.17) is 5.73 Å². The van der Waals surface area contributed by atoms with Crippen molar-refractivity contribution >= 4 is 50.9 Å². The van der Waals surface area contributed by atoms with Crippen molar-refractivity contribution in [1.29, 1.82) is 0 Å². The number of hydrogen-bond acceptors (Lipinski definition) is 4. The van der Waals surface area contributed by atoms with Crippen LogP contribution >= 0.6 is 11.8 Å². The zero-order valence-electron chi connectivity index (χ0n) is 14.4. The minimum absolute atomic E-state index is 0.109. The molecule has 0 saturated carbocycles. The summed E-state index contributed by atoms with van der Waals surface area (Å²) in [6.45, 7) is 0. The number of anilines is 1. The summed E-state index contributed by atoms with van der Waals surface area (Å²) in [7, 11) is 0. The first-order valence-corrected chi connectivity index (χ1v) is 9.42. The third-order valence-corrected chi connectivity index (χ3v) is 5.36. The number of imide groups is 1. The Morgan fingerprint density at radius 3 is 2.48 bits per heavy atom. The third kappa shape index (κ3) is 3.44. The van der Waals surface area contributed by atoms with Crippen LogP contribution in [0.2, 0.25) is 0 Å². The zero-order chi connectivity index (χ0) is 18.8. The Labute approximate surface area is 160 Å². The summed E-state index contributed by atoms with van der Waals surface area (Å²) in [5.41, 5.74) is 7.33. The quantitative estimate of drug-likeness (QED) is 0.429. The van der Waals surface area contributed by atoms with Gasteiger partial charge < -0.3 is 5.73 Å². The molecule has 1 aliphatic rings. The fourth-order valence-corrected chi connectivity index (χ4v) is 4.04. The van der Waals surface area contributed by atoms with Crippen molar-refractivity contribution in [2.75, 3.05) is 4.90 Å². The first-order chi connectivity index (χ1) is 13.1. The first kappa shape index (κ1) is 17.3. The van der Waals surface area contributed by atoms with E-state index in [-0.39, 0.29) is 23.4 Å². The molecule has 3 aromatic carbocycles. The Kier molecular flexibility index (Phi) is 4.64.